The monoisotopic (exact) mass is 283 g/mol. The van der Waals surface area contributed by atoms with E-state index >= 15 is 0 Å². The Morgan fingerprint density at radius 2 is 1.94 bits per heavy atom. The highest BCUT2D eigenvalue weighted by Gasteiger charge is 2.05. The molecule has 0 aliphatic heterocycles. The zero-order valence-electron chi connectivity index (χ0n) is 9.81. The van der Waals surface area contributed by atoms with Gasteiger partial charge in [-0.2, -0.15) is 0 Å². The molecule has 0 radical (unpaired) electrons. The molecule has 2 aromatic rings. The topological polar surface area (TPSA) is 12.0 Å². The summed E-state index contributed by atoms with van der Waals surface area (Å²) in [6, 6.07) is 10.1. The minimum Gasteiger partial charge on any atom is -0.380 e. The standard InChI is InChI=1S/C14H12Cl2FN/c1-9-7-11(17)6-5-10(9)8-18-13-4-2-3-12(15)14(13)16/h2-7,18H,8H2,1H3. The van der Waals surface area contributed by atoms with Crippen LogP contribution in [-0.4, -0.2) is 0 Å². The second-order valence-corrected chi connectivity index (χ2v) is 4.81. The molecule has 0 aromatic heterocycles. The van der Waals surface area contributed by atoms with Crippen LogP contribution >= 0.6 is 23.2 Å². The molecule has 0 atom stereocenters. The van der Waals surface area contributed by atoms with Gasteiger partial charge in [-0.05, 0) is 42.3 Å². The molecule has 94 valence electrons. The van der Waals surface area contributed by atoms with Gasteiger partial charge < -0.3 is 5.32 Å². The van der Waals surface area contributed by atoms with E-state index in [1.165, 1.54) is 12.1 Å². The van der Waals surface area contributed by atoms with Crippen LogP contribution in [0.4, 0.5) is 10.1 Å². The summed E-state index contributed by atoms with van der Waals surface area (Å²) in [5.74, 6) is -0.225. The Bertz CT molecular complexity index is 570. The number of hydrogen-bond acceptors (Lipinski definition) is 1. The van der Waals surface area contributed by atoms with E-state index in [-0.39, 0.29) is 5.82 Å². The lowest BCUT2D eigenvalue weighted by Gasteiger charge is -2.11. The molecular formula is C14H12Cl2FN. The first kappa shape index (κ1) is 13.2. The highest BCUT2D eigenvalue weighted by Crippen LogP contribution is 2.29. The molecule has 0 heterocycles. The van der Waals surface area contributed by atoms with Crippen molar-refractivity contribution < 1.29 is 4.39 Å². The Morgan fingerprint density at radius 3 is 2.67 bits per heavy atom. The van der Waals surface area contributed by atoms with E-state index < -0.39 is 0 Å². The maximum Gasteiger partial charge on any atom is 0.123 e. The third-order valence-electron chi connectivity index (χ3n) is 2.73. The van der Waals surface area contributed by atoms with Gasteiger partial charge in [-0.15, -0.1) is 0 Å². The van der Waals surface area contributed by atoms with Crippen LogP contribution in [0.25, 0.3) is 0 Å². The lowest BCUT2D eigenvalue weighted by Crippen LogP contribution is -2.02. The van der Waals surface area contributed by atoms with Crippen LogP contribution in [0.5, 0.6) is 0 Å². The van der Waals surface area contributed by atoms with E-state index in [9.17, 15) is 4.39 Å². The van der Waals surface area contributed by atoms with Gasteiger partial charge in [0, 0.05) is 6.54 Å². The molecule has 0 aliphatic rings. The van der Waals surface area contributed by atoms with Crippen molar-refractivity contribution in [3.8, 4) is 0 Å². The van der Waals surface area contributed by atoms with Crippen molar-refractivity contribution in [3.63, 3.8) is 0 Å². The number of benzene rings is 2. The number of nitrogens with one attached hydrogen (secondary N) is 1. The van der Waals surface area contributed by atoms with Crippen LogP contribution in [0.1, 0.15) is 11.1 Å². The maximum absolute atomic E-state index is 13.0. The maximum atomic E-state index is 13.0. The molecule has 0 bridgehead atoms. The smallest absolute Gasteiger partial charge is 0.123 e. The number of aryl methyl sites for hydroxylation is 1. The first-order valence-electron chi connectivity index (χ1n) is 5.51. The zero-order valence-corrected chi connectivity index (χ0v) is 11.3. The molecule has 0 spiro atoms. The molecule has 0 saturated heterocycles. The first-order valence-corrected chi connectivity index (χ1v) is 6.26. The van der Waals surface area contributed by atoms with Gasteiger partial charge in [0.25, 0.3) is 0 Å². The Hall–Kier alpha value is -1.25. The van der Waals surface area contributed by atoms with Crippen molar-refractivity contribution in [2.75, 3.05) is 5.32 Å². The molecule has 0 saturated carbocycles. The molecule has 0 fully saturated rings. The minimum absolute atomic E-state index is 0.225. The normalized spacial score (nSPS) is 10.4. The van der Waals surface area contributed by atoms with Gasteiger partial charge in [0.2, 0.25) is 0 Å². The summed E-state index contributed by atoms with van der Waals surface area (Å²) in [5, 5.41) is 4.20. The van der Waals surface area contributed by atoms with E-state index in [2.05, 4.69) is 5.32 Å². The van der Waals surface area contributed by atoms with E-state index in [1.54, 1.807) is 12.1 Å². The SMILES string of the molecule is Cc1cc(F)ccc1CNc1cccc(Cl)c1Cl. The van der Waals surface area contributed by atoms with Gasteiger partial charge in [0.15, 0.2) is 0 Å². The molecule has 0 amide bonds. The summed E-state index contributed by atoms with van der Waals surface area (Å²) < 4.78 is 13.0. The number of halogens is 3. The predicted molar refractivity (Wildman–Crippen MR) is 74.9 cm³/mol. The average molecular weight is 284 g/mol. The third-order valence-corrected chi connectivity index (χ3v) is 3.54. The van der Waals surface area contributed by atoms with Crippen LogP contribution in [0, 0.1) is 12.7 Å². The Kier molecular flexibility index (Phi) is 4.10. The van der Waals surface area contributed by atoms with Crippen molar-refractivity contribution in [2.45, 2.75) is 13.5 Å². The highest BCUT2D eigenvalue weighted by atomic mass is 35.5. The van der Waals surface area contributed by atoms with Gasteiger partial charge in [0.1, 0.15) is 5.82 Å². The molecular weight excluding hydrogens is 272 g/mol. The highest BCUT2D eigenvalue weighted by molar-refractivity contribution is 6.43. The third kappa shape index (κ3) is 2.95. The summed E-state index contributed by atoms with van der Waals surface area (Å²) >= 11 is 12.0. The fourth-order valence-electron chi connectivity index (χ4n) is 1.69. The number of anilines is 1. The Labute approximate surface area is 116 Å². The fraction of sp³-hybridized carbons (Fsp3) is 0.143. The molecule has 0 unspecified atom stereocenters. The van der Waals surface area contributed by atoms with Gasteiger partial charge >= 0.3 is 0 Å². The molecule has 2 rings (SSSR count). The molecule has 0 aliphatic carbocycles. The summed E-state index contributed by atoms with van der Waals surface area (Å²) in [6.07, 6.45) is 0. The second-order valence-electron chi connectivity index (χ2n) is 4.03. The number of rotatable bonds is 3. The molecule has 1 N–H and O–H groups in total. The largest absolute Gasteiger partial charge is 0.380 e. The van der Waals surface area contributed by atoms with Crippen LogP contribution in [0.2, 0.25) is 10.0 Å². The van der Waals surface area contributed by atoms with Crippen LogP contribution in [0.15, 0.2) is 36.4 Å². The summed E-state index contributed by atoms with van der Waals surface area (Å²) in [7, 11) is 0. The van der Waals surface area contributed by atoms with Crippen molar-refractivity contribution in [1.29, 1.82) is 0 Å². The lowest BCUT2D eigenvalue weighted by molar-refractivity contribution is 0.625. The first-order chi connectivity index (χ1) is 8.58. The van der Waals surface area contributed by atoms with Gasteiger partial charge in [0.05, 0.1) is 15.7 Å². The van der Waals surface area contributed by atoms with Crippen molar-refractivity contribution in [3.05, 3.63) is 63.4 Å². The van der Waals surface area contributed by atoms with E-state index in [0.29, 0.717) is 16.6 Å². The Morgan fingerprint density at radius 1 is 1.17 bits per heavy atom. The van der Waals surface area contributed by atoms with E-state index in [0.717, 1.165) is 16.8 Å². The molecule has 4 heteroatoms. The summed E-state index contributed by atoms with van der Waals surface area (Å²) in [5.41, 5.74) is 2.70. The van der Waals surface area contributed by atoms with Crippen molar-refractivity contribution >= 4 is 28.9 Å². The predicted octanol–water partition coefficient (Wildman–Crippen LogP) is 5.05. The lowest BCUT2D eigenvalue weighted by atomic mass is 10.1. The van der Waals surface area contributed by atoms with Crippen molar-refractivity contribution in [2.24, 2.45) is 0 Å². The van der Waals surface area contributed by atoms with E-state index in [1.807, 2.05) is 19.1 Å². The molecule has 18 heavy (non-hydrogen) atoms. The second kappa shape index (κ2) is 5.59. The minimum atomic E-state index is -0.225. The van der Waals surface area contributed by atoms with Crippen LogP contribution in [-0.2, 0) is 6.54 Å². The van der Waals surface area contributed by atoms with Crippen molar-refractivity contribution in [1.82, 2.24) is 0 Å². The fourth-order valence-corrected chi connectivity index (χ4v) is 2.06. The van der Waals surface area contributed by atoms with Gasteiger partial charge in [-0.3, -0.25) is 0 Å². The average Bonchev–Trinajstić information content (AvgIpc) is 2.33. The number of hydrogen-bond donors (Lipinski definition) is 1. The molecule has 2 aromatic carbocycles. The Balaban J connectivity index is 2.14. The van der Waals surface area contributed by atoms with Crippen LogP contribution < -0.4 is 5.32 Å². The van der Waals surface area contributed by atoms with Crippen LogP contribution in [0.3, 0.4) is 0 Å². The van der Waals surface area contributed by atoms with Gasteiger partial charge in [-0.1, -0.05) is 35.3 Å². The quantitative estimate of drug-likeness (QED) is 0.831. The van der Waals surface area contributed by atoms with E-state index in [4.69, 9.17) is 23.2 Å². The zero-order chi connectivity index (χ0) is 13.1. The summed E-state index contributed by atoms with van der Waals surface area (Å²) in [4.78, 5) is 0. The summed E-state index contributed by atoms with van der Waals surface area (Å²) in [6.45, 7) is 2.45. The van der Waals surface area contributed by atoms with Gasteiger partial charge in [-0.25, -0.2) is 4.39 Å². The molecule has 1 nitrogen and oxygen atoms in total.